The fourth-order valence-electron chi connectivity index (χ4n) is 2.69. The van der Waals surface area contributed by atoms with Crippen LogP contribution in [-0.2, 0) is 21.4 Å². The number of thioether (sulfide) groups is 1. The largest absolute Gasteiger partial charge is 0.325 e. The maximum atomic E-state index is 12.4. The second-order valence-corrected chi connectivity index (χ2v) is 9.59. The van der Waals surface area contributed by atoms with Crippen molar-refractivity contribution in [1.82, 2.24) is 19.5 Å². The molecule has 0 aliphatic carbocycles. The Labute approximate surface area is 180 Å². The van der Waals surface area contributed by atoms with Crippen LogP contribution in [0.5, 0.6) is 0 Å². The third-order valence-electron chi connectivity index (χ3n) is 4.24. The Bertz CT molecular complexity index is 1140. The molecular formula is C20H23N5O3S2. The molecule has 0 fully saturated rings. The van der Waals surface area contributed by atoms with Crippen molar-refractivity contribution in [3.8, 4) is 5.69 Å². The highest BCUT2D eigenvalue weighted by Gasteiger charge is 2.17. The van der Waals surface area contributed by atoms with Gasteiger partial charge in [-0.15, -0.1) is 10.2 Å². The van der Waals surface area contributed by atoms with Crippen molar-refractivity contribution >= 4 is 33.4 Å². The molecule has 0 unspecified atom stereocenters. The molecule has 0 radical (unpaired) electrons. The van der Waals surface area contributed by atoms with Gasteiger partial charge in [-0.25, -0.2) is 13.1 Å². The summed E-state index contributed by atoms with van der Waals surface area (Å²) in [5.74, 6) is 0.410. The molecule has 158 valence electrons. The molecule has 8 nitrogen and oxygen atoms in total. The van der Waals surface area contributed by atoms with E-state index < -0.39 is 10.0 Å². The van der Waals surface area contributed by atoms with Crippen LogP contribution in [-0.4, -0.2) is 41.1 Å². The smallest absolute Gasteiger partial charge is 0.234 e. The van der Waals surface area contributed by atoms with Crippen LogP contribution in [0.25, 0.3) is 5.69 Å². The molecule has 1 amide bonds. The minimum Gasteiger partial charge on any atom is -0.325 e. The summed E-state index contributed by atoms with van der Waals surface area (Å²) in [5, 5.41) is 11.7. The summed E-state index contributed by atoms with van der Waals surface area (Å²) >= 11 is 1.23. The molecule has 0 bridgehead atoms. The maximum absolute atomic E-state index is 12.4. The first-order valence-corrected chi connectivity index (χ1v) is 12.0. The summed E-state index contributed by atoms with van der Waals surface area (Å²) in [5.41, 5.74) is 3.63. The number of para-hydroxylation sites is 1. The topological polar surface area (TPSA) is 106 Å². The zero-order valence-corrected chi connectivity index (χ0v) is 18.5. The summed E-state index contributed by atoms with van der Waals surface area (Å²) in [7, 11) is -3.39. The first kappa shape index (κ1) is 22.0. The van der Waals surface area contributed by atoms with E-state index in [0.717, 1.165) is 28.8 Å². The molecule has 0 spiro atoms. The lowest BCUT2D eigenvalue weighted by Gasteiger charge is -2.11. The average molecular weight is 446 g/mol. The van der Waals surface area contributed by atoms with E-state index in [1.165, 1.54) is 11.8 Å². The first-order valence-electron chi connectivity index (χ1n) is 9.17. The Hall–Kier alpha value is -2.69. The quantitative estimate of drug-likeness (QED) is 0.517. The van der Waals surface area contributed by atoms with E-state index in [0.29, 0.717) is 11.0 Å². The van der Waals surface area contributed by atoms with Gasteiger partial charge >= 0.3 is 0 Å². The number of hydrogen-bond donors (Lipinski definition) is 2. The fraction of sp³-hybridized carbons (Fsp3) is 0.250. The number of carbonyl (C=O) groups is 1. The van der Waals surface area contributed by atoms with E-state index in [2.05, 4.69) is 20.2 Å². The molecule has 1 heterocycles. The normalized spacial score (nSPS) is 11.4. The number of nitrogens with zero attached hydrogens (tertiary/aromatic N) is 3. The van der Waals surface area contributed by atoms with Gasteiger partial charge in [0.2, 0.25) is 15.9 Å². The summed E-state index contributed by atoms with van der Waals surface area (Å²) in [4.78, 5) is 12.4. The van der Waals surface area contributed by atoms with E-state index in [9.17, 15) is 13.2 Å². The molecule has 1 aromatic heterocycles. The highest BCUT2D eigenvalue weighted by Crippen LogP contribution is 2.23. The third kappa shape index (κ3) is 5.91. The molecule has 2 aromatic carbocycles. The second kappa shape index (κ2) is 9.41. The van der Waals surface area contributed by atoms with Crippen LogP contribution < -0.4 is 10.0 Å². The highest BCUT2D eigenvalue weighted by molar-refractivity contribution is 7.99. The van der Waals surface area contributed by atoms with E-state index in [4.69, 9.17) is 0 Å². The van der Waals surface area contributed by atoms with Gasteiger partial charge < -0.3 is 5.32 Å². The molecule has 0 atom stereocenters. The van der Waals surface area contributed by atoms with E-state index in [1.807, 2.05) is 62.4 Å². The lowest BCUT2D eigenvalue weighted by Crippen LogP contribution is -2.23. The monoisotopic (exact) mass is 445 g/mol. The standard InChI is InChI=1S/C20H23N5O3S2/c1-14-8-10-16(11-9-14)25-18(12-21-30(3,27)28)23-24-20(25)29-13-19(26)22-17-7-5-4-6-15(17)2/h4-11,21H,12-13H2,1-3H3,(H,22,26). The zero-order valence-electron chi connectivity index (χ0n) is 16.9. The number of nitrogens with one attached hydrogen (secondary N) is 2. The van der Waals surface area contributed by atoms with Crippen LogP contribution in [0.1, 0.15) is 17.0 Å². The Morgan fingerprint density at radius 2 is 1.77 bits per heavy atom. The van der Waals surface area contributed by atoms with Crippen molar-refractivity contribution in [3.05, 3.63) is 65.5 Å². The van der Waals surface area contributed by atoms with Gasteiger partial charge in [0.15, 0.2) is 11.0 Å². The number of aryl methyl sites for hydroxylation is 2. The number of hydrogen-bond acceptors (Lipinski definition) is 6. The van der Waals surface area contributed by atoms with Crippen molar-refractivity contribution < 1.29 is 13.2 Å². The molecule has 0 saturated heterocycles. The van der Waals surface area contributed by atoms with E-state index in [1.54, 1.807) is 4.57 Å². The van der Waals surface area contributed by atoms with Gasteiger partial charge in [0, 0.05) is 11.4 Å². The maximum Gasteiger partial charge on any atom is 0.234 e. The van der Waals surface area contributed by atoms with Gasteiger partial charge in [-0.1, -0.05) is 47.7 Å². The van der Waals surface area contributed by atoms with Gasteiger partial charge in [-0.05, 0) is 37.6 Å². The van der Waals surface area contributed by atoms with Gasteiger partial charge in [0.25, 0.3) is 0 Å². The lowest BCUT2D eigenvalue weighted by molar-refractivity contribution is -0.113. The Kier molecular flexibility index (Phi) is 6.91. The average Bonchev–Trinajstić information content (AvgIpc) is 3.10. The SMILES string of the molecule is Cc1ccc(-n2c(CNS(C)(=O)=O)nnc2SCC(=O)Nc2ccccc2C)cc1. The molecule has 10 heteroatoms. The minimum atomic E-state index is -3.39. The van der Waals surface area contributed by atoms with Crippen molar-refractivity contribution in [2.75, 3.05) is 17.3 Å². The number of amides is 1. The van der Waals surface area contributed by atoms with Crippen LogP contribution in [0, 0.1) is 13.8 Å². The Morgan fingerprint density at radius 3 is 2.43 bits per heavy atom. The number of anilines is 1. The number of aromatic nitrogens is 3. The molecule has 2 N–H and O–H groups in total. The molecular weight excluding hydrogens is 422 g/mol. The summed E-state index contributed by atoms with van der Waals surface area (Å²) < 4.78 is 27.2. The van der Waals surface area contributed by atoms with E-state index in [-0.39, 0.29) is 18.2 Å². The number of benzene rings is 2. The third-order valence-corrected chi connectivity index (χ3v) is 5.83. The second-order valence-electron chi connectivity index (χ2n) is 6.81. The van der Waals surface area contributed by atoms with Crippen molar-refractivity contribution in [2.45, 2.75) is 25.5 Å². The Balaban J connectivity index is 1.79. The number of carbonyl (C=O) groups excluding carboxylic acids is 1. The number of sulfonamides is 1. The highest BCUT2D eigenvalue weighted by atomic mass is 32.2. The van der Waals surface area contributed by atoms with Crippen molar-refractivity contribution in [1.29, 1.82) is 0 Å². The summed E-state index contributed by atoms with van der Waals surface area (Å²) in [6.45, 7) is 3.90. The molecule has 0 aliphatic heterocycles. The predicted molar refractivity (Wildman–Crippen MR) is 118 cm³/mol. The molecule has 30 heavy (non-hydrogen) atoms. The lowest BCUT2D eigenvalue weighted by atomic mass is 10.2. The first-order chi connectivity index (χ1) is 14.2. The molecule has 0 aliphatic rings. The molecule has 0 saturated carbocycles. The van der Waals surface area contributed by atoms with Gasteiger partial charge in [0.05, 0.1) is 18.6 Å². The molecule has 3 rings (SSSR count). The van der Waals surface area contributed by atoms with Gasteiger partial charge in [-0.2, -0.15) is 0 Å². The van der Waals surface area contributed by atoms with Crippen molar-refractivity contribution in [3.63, 3.8) is 0 Å². The Morgan fingerprint density at radius 1 is 1.07 bits per heavy atom. The van der Waals surface area contributed by atoms with Gasteiger partial charge in [0.1, 0.15) is 0 Å². The van der Waals surface area contributed by atoms with Crippen LogP contribution >= 0.6 is 11.8 Å². The summed E-state index contributed by atoms with van der Waals surface area (Å²) in [6, 6.07) is 15.3. The van der Waals surface area contributed by atoms with Crippen LogP contribution in [0.2, 0.25) is 0 Å². The van der Waals surface area contributed by atoms with Crippen LogP contribution in [0.4, 0.5) is 5.69 Å². The number of rotatable bonds is 8. The minimum absolute atomic E-state index is 0.00429. The van der Waals surface area contributed by atoms with E-state index >= 15 is 0 Å². The fourth-order valence-corrected chi connectivity index (χ4v) is 3.85. The zero-order chi connectivity index (χ0) is 21.7. The van der Waals surface area contributed by atoms with Crippen LogP contribution in [0.3, 0.4) is 0 Å². The van der Waals surface area contributed by atoms with Crippen LogP contribution in [0.15, 0.2) is 53.7 Å². The predicted octanol–water partition coefficient (Wildman–Crippen LogP) is 2.66. The summed E-state index contributed by atoms with van der Waals surface area (Å²) in [6.07, 6.45) is 1.09. The van der Waals surface area contributed by atoms with Gasteiger partial charge in [-0.3, -0.25) is 9.36 Å². The van der Waals surface area contributed by atoms with Crippen molar-refractivity contribution in [2.24, 2.45) is 0 Å². The molecule has 3 aromatic rings.